The maximum Gasteiger partial charge on any atom is 0.357 e. The van der Waals surface area contributed by atoms with Crippen molar-refractivity contribution in [2.24, 2.45) is 11.8 Å². The molecule has 3 rings (SSSR count). The molecule has 1 fully saturated rings. The number of benzene rings is 1. The molecule has 0 bridgehead atoms. The molecule has 12 heteroatoms. The summed E-state index contributed by atoms with van der Waals surface area (Å²) in [7, 11) is 4.19. The number of unbranched alkanes of at least 4 members (excludes halogenated alkanes) is 1. The van der Waals surface area contributed by atoms with Crippen LogP contribution in [0.3, 0.4) is 0 Å². The van der Waals surface area contributed by atoms with Gasteiger partial charge in [0.15, 0.2) is 24.0 Å². The molecule has 40 heavy (non-hydrogen) atoms. The van der Waals surface area contributed by atoms with Crippen LogP contribution in [0.1, 0.15) is 63.9 Å². The molecule has 0 aliphatic heterocycles. The zero-order chi connectivity index (χ0) is 29.1. The number of hydrazine groups is 1. The van der Waals surface area contributed by atoms with E-state index < -0.39 is 17.8 Å². The van der Waals surface area contributed by atoms with Gasteiger partial charge in [0.25, 0.3) is 5.91 Å². The molecule has 1 heterocycles. The zero-order valence-corrected chi connectivity index (χ0v) is 23.4. The maximum atomic E-state index is 13.2. The highest BCUT2D eigenvalue weighted by atomic mass is 16.7. The molecule has 1 aliphatic rings. The number of carbonyl (C=O) groups is 3. The second-order valence-corrected chi connectivity index (χ2v) is 9.19. The molecule has 0 saturated heterocycles. The normalized spacial score (nSPS) is 12.5. The van der Waals surface area contributed by atoms with Gasteiger partial charge in [-0.1, -0.05) is 13.3 Å². The van der Waals surface area contributed by atoms with Gasteiger partial charge in [-0.15, -0.1) is 0 Å². The number of aromatic nitrogens is 1. The third-order valence-electron chi connectivity index (χ3n) is 6.18. The van der Waals surface area contributed by atoms with Crippen molar-refractivity contribution in [3.8, 4) is 22.6 Å². The summed E-state index contributed by atoms with van der Waals surface area (Å²) in [6.45, 7) is 3.08. The SMILES string of the molecule is CCCCOc1cc(C(=O)OCOCCOC)c(-c2ccc(C(=O)N(N)CC3CC3)nc2C(=O)OC)cc1OC. The van der Waals surface area contributed by atoms with Gasteiger partial charge in [0.2, 0.25) is 0 Å². The van der Waals surface area contributed by atoms with E-state index in [1.54, 1.807) is 6.07 Å². The van der Waals surface area contributed by atoms with E-state index in [1.807, 2.05) is 6.92 Å². The number of hydrogen-bond acceptors (Lipinski definition) is 11. The summed E-state index contributed by atoms with van der Waals surface area (Å²) in [5.41, 5.74) is 0.341. The zero-order valence-electron chi connectivity index (χ0n) is 23.4. The average molecular weight is 560 g/mol. The first-order valence-electron chi connectivity index (χ1n) is 13.1. The predicted octanol–water partition coefficient (Wildman–Crippen LogP) is 3.23. The van der Waals surface area contributed by atoms with Gasteiger partial charge in [0.05, 0.1) is 39.6 Å². The number of carbonyl (C=O) groups excluding carboxylic acids is 3. The Hall–Kier alpha value is -3.74. The third kappa shape index (κ3) is 8.13. The summed E-state index contributed by atoms with van der Waals surface area (Å²) in [6, 6.07) is 5.99. The predicted molar refractivity (Wildman–Crippen MR) is 144 cm³/mol. The van der Waals surface area contributed by atoms with Crippen molar-refractivity contribution >= 4 is 17.8 Å². The molecule has 2 N–H and O–H groups in total. The number of hydrogen-bond donors (Lipinski definition) is 1. The molecule has 0 radical (unpaired) electrons. The van der Waals surface area contributed by atoms with E-state index in [4.69, 9.17) is 34.3 Å². The molecule has 218 valence electrons. The molecule has 0 unspecified atom stereocenters. The molecule has 1 aromatic heterocycles. The van der Waals surface area contributed by atoms with Crippen LogP contribution in [-0.2, 0) is 18.9 Å². The van der Waals surface area contributed by atoms with Gasteiger partial charge < -0.3 is 28.4 Å². The molecule has 1 aliphatic carbocycles. The first kappa shape index (κ1) is 30.8. The summed E-state index contributed by atoms with van der Waals surface area (Å²) in [5, 5.41) is 1.10. The molecule has 0 atom stereocenters. The minimum absolute atomic E-state index is 0.0329. The number of methoxy groups -OCH3 is 3. The quantitative estimate of drug-likeness (QED) is 0.0807. The van der Waals surface area contributed by atoms with Crippen molar-refractivity contribution in [1.29, 1.82) is 0 Å². The topological polar surface area (TPSA) is 149 Å². The Morgan fingerprint density at radius 2 is 1.77 bits per heavy atom. The van der Waals surface area contributed by atoms with Gasteiger partial charge >= 0.3 is 11.9 Å². The standard InChI is InChI=1S/C28H37N3O9/c1-5-6-11-39-24-15-21(27(33)40-17-38-13-12-35-2)20(14-23(24)36-3)19-9-10-22(30-25(19)28(34)37-4)26(32)31(29)16-18-7-8-18/h9-10,14-15,18H,5-8,11-13,16-17,29H2,1-4H3. The highest BCUT2D eigenvalue weighted by Crippen LogP contribution is 2.38. The van der Waals surface area contributed by atoms with Crippen molar-refractivity contribution < 1.29 is 42.8 Å². The molecule has 2 aromatic rings. The summed E-state index contributed by atoms with van der Waals surface area (Å²) in [4.78, 5) is 43.3. The van der Waals surface area contributed by atoms with Crippen molar-refractivity contribution in [1.82, 2.24) is 9.99 Å². The Kier molecular flexibility index (Phi) is 11.7. The van der Waals surface area contributed by atoms with Crippen LogP contribution in [0.5, 0.6) is 11.5 Å². The fourth-order valence-electron chi connectivity index (χ4n) is 3.78. The highest BCUT2D eigenvalue weighted by molar-refractivity contribution is 6.04. The maximum absolute atomic E-state index is 13.2. The van der Waals surface area contributed by atoms with Gasteiger partial charge in [-0.2, -0.15) is 0 Å². The minimum atomic E-state index is -0.806. The largest absolute Gasteiger partial charge is 0.493 e. The van der Waals surface area contributed by atoms with E-state index in [9.17, 15) is 14.4 Å². The lowest BCUT2D eigenvalue weighted by Crippen LogP contribution is -2.39. The molecule has 12 nitrogen and oxygen atoms in total. The molecule has 1 saturated carbocycles. The van der Waals surface area contributed by atoms with E-state index in [2.05, 4.69) is 4.98 Å². The van der Waals surface area contributed by atoms with Crippen LogP contribution in [0, 0.1) is 5.92 Å². The lowest BCUT2D eigenvalue weighted by Gasteiger charge is -2.19. The molecular formula is C28H37N3O9. The van der Waals surface area contributed by atoms with Crippen LogP contribution in [0.15, 0.2) is 24.3 Å². The monoisotopic (exact) mass is 559 g/mol. The van der Waals surface area contributed by atoms with Crippen LogP contribution >= 0.6 is 0 Å². The van der Waals surface area contributed by atoms with Gasteiger partial charge in [-0.05, 0) is 49.4 Å². The van der Waals surface area contributed by atoms with Crippen LogP contribution in [0.4, 0.5) is 0 Å². The summed E-state index contributed by atoms with van der Waals surface area (Å²) in [6.07, 6.45) is 3.73. The van der Waals surface area contributed by atoms with Gasteiger partial charge in [0.1, 0.15) is 5.69 Å². The first-order valence-corrected chi connectivity index (χ1v) is 13.1. The summed E-state index contributed by atoms with van der Waals surface area (Å²) in [5.74, 6) is 4.91. The van der Waals surface area contributed by atoms with E-state index in [1.165, 1.54) is 39.5 Å². The minimum Gasteiger partial charge on any atom is -0.493 e. The number of nitrogens with zero attached hydrogens (tertiary/aromatic N) is 2. The van der Waals surface area contributed by atoms with E-state index in [0.717, 1.165) is 30.7 Å². The Morgan fingerprint density at radius 3 is 2.42 bits per heavy atom. The van der Waals surface area contributed by atoms with E-state index >= 15 is 0 Å². The van der Waals surface area contributed by atoms with Crippen LogP contribution in [-0.4, -0.2) is 82.3 Å². The molecule has 0 spiro atoms. The molecular weight excluding hydrogens is 522 g/mol. The average Bonchev–Trinajstić information content (AvgIpc) is 3.79. The molecule has 1 aromatic carbocycles. The van der Waals surface area contributed by atoms with Crippen molar-refractivity contribution in [2.45, 2.75) is 32.6 Å². The smallest absolute Gasteiger partial charge is 0.357 e. The van der Waals surface area contributed by atoms with Crippen molar-refractivity contribution in [3.63, 3.8) is 0 Å². The van der Waals surface area contributed by atoms with Gasteiger partial charge in [-0.3, -0.25) is 9.80 Å². The van der Waals surface area contributed by atoms with Crippen LogP contribution < -0.4 is 15.3 Å². The second kappa shape index (κ2) is 15.2. The number of rotatable bonds is 16. The second-order valence-electron chi connectivity index (χ2n) is 9.19. The summed E-state index contributed by atoms with van der Waals surface area (Å²) < 4.78 is 31.9. The third-order valence-corrected chi connectivity index (χ3v) is 6.18. The Morgan fingerprint density at radius 1 is 1.00 bits per heavy atom. The van der Waals surface area contributed by atoms with Crippen LogP contribution in [0.25, 0.3) is 11.1 Å². The summed E-state index contributed by atoms with van der Waals surface area (Å²) >= 11 is 0. The number of pyridine rings is 1. The van der Waals surface area contributed by atoms with E-state index in [0.29, 0.717) is 37.2 Å². The molecule has 1 amide bonds. The van der Waals surface area contributed by atoms with Crippen molar-refractivity contribution in [3.05, 3.63) is 41.2 Å². The number of nitrogens with two attached hydrogens (primary N) is 1. The highest BCUT2D eigenvalue weighted by Gasteiger charge is 2.29. The Bertz CT molecular complexity index is 1180. The number of amides is 1. The van der Waals surface area contributed by atoms with E-state index in [-0.39, 0.29) is 41.5 Å². The number of ether oxygens (including phenoxy) is 6. The fourth-order valence-corrected chi connectivity index (χ4v) is 3.78. The van der Waals surface area contributed by atoms with Crippen molar-refractivity contribution in [2.75, 3.05) is 54.5 Å². The lowest BCUT2D eigenvalue weighted by atomic mass is 9.96. The fraction of sp³-hybridized carbons (Fsp3) is 0.500. The van der Waals surface area contributed by atoms with Gasteiger partial charge in [-0.25, -0.2) is 20.4 Å². The van der Waals surface area contributed by atoms with Crippen LogP contribution in [0.2, 0.25) is 0 Å². The van der Waals surface area contributed by atoms with Gasteiger partial charge in [0, 0.05) is 24.8 Å². The number of esters is 2. The Labute approximate surface area is 233 Å². The first-order chi connectivity index (χ1) is 19.3. The Balaban J connectivity index is 2.05. The lowest BCUT2D eigenvalue weighted by molar-refractivity contribution is -0.0435.